The van der Waals surface area contributed by atoms with E-state index in [2.05, 4.69) is 77.4 Å². The second kappa shape index (κ2) is 80.1. The van der Waals surface area contributed by atoms with Crippen LogP contribution in [0.3, 0.4) is 0 Å². The van der Waals surface area contributed by atoms with Crippen molar-refractivity contribution in [2.75, 3.05) is 68.3 Å². The first-order chi connectivity index (χ1) is 40.5. The summed E-state index contributed by atoms with van der Waals surface area (Å²) in [4.78, 5) is 62.0. The molecule has 4 atom stereocenters. The van der Waals surface area contributed by atoms with Crippen molar-refractivity contribution in [3.8, 4) is 0 Å². The summed E-state index contributed by atoms with van der Waals surface area (Å²) in [7, 11) is -23.5. The highest BCUT2D eigenvalue weighted by atomic mass is 32.3. The predicted molar refractivity (Wildman–Crippen MR) is 318 cm³/mol. The molecule has 0 bridgehead atoms. The Bertz CT molecular complexity index is 2510. The third kappa shape index (κ3) is 117. The normalized spacial score (nSPS) is 10.6. The molecule has 0 rings (SSSR count). The molecule has 0 saturated heterocycles. The molecular weight excluding hydrogens is 1350 g/mol. The number of methoxy groups -OCH3 is 4. The van der Waals surface area contributed by atoms with Crippen LogP contribution in [0, 0.1) is 0 Å². The molecule has 0 heterocycles. The molecule has 0 aromatic rings. The maximum absolute atomic E-state index is 11.0. The number of esters is 4. The van der Waals surface area contributed by atoms with E-state index >= 15 is 0 Å². The van der Waals surface area contributed by atoms with Gasteiger partial charge in [-0.2, -0.15) is 25.3 Å². The largest absolute Gasteiger partial charge is 0.747 e. The quantitative estimate of drug-likeness (QED) is 0.0245. The maximum atomic E-state index is 11.0. The Morgan fingerprint density at radius 3 is 0.742 bits per heavy atom. The zero-order chi connectivity index (χ0) is 75.0. The Morgan fingerprint density at radius 1 is 0.472 bits per heavy atom. The van der Waals surface area contributed by atoms with E-state index in [4.69, 9.17) is 45.8 Å². The Balaban J connectivity index is -0.0000000587. The Kier molecular flexibility index (Phi) is 106. The summed E-state index contributed by atoms with van der Waals surface area (Å²) < 4.78 is 216. The van der Waals surface area contributed by atoms with Crippen LogP contribution in [0.1, 0.15) is 93.9 Å². The standard InChI is InChI=1S/C5H10O8S2.2C5H10O5S.C4H8O5S.2C4H8O2.5C3H7N.C2H6.2O3S/c1-3-4(14(7,8)9)5(6)13-15(10,11)12-2;2*1-3-4(5(6)10-2)11(7,8)9;1-2-3(4(5)6)10(7,8)9;2*1-3-4(5)6-2;5*1-2-3-4;1-2;2*1-4(2)3/h4H,3H2,1-2H3,(H,7,8,9);2*4H,3H2,1-2H3,(H,7,8,9);3H,2H2,1H3,(H,5,6)(H,7,8,9);2*3H2,1-2H3;5*2H,1,3-4H2;1-2H3;;. The summed E-state index contributed by atoms with van der Waals surface area (Å²) in [6, 6.07) is 0. The summed E-state index contributed by atoms with van der Waals surface area (Å²) in [6.07, 6.45) is 8.90. The van der Waals surface area contributed by atoms with Gasteiger partial charge in [-0.1, -0.05) is 87.3 Å². The van der Waals surface area contributed by atoms with Gasteiger partial charge in [0, 0.05) is 25.9 Å². The number of quaternary nitrogens is 3. The highest BCUT2D eigenvalue weighted by Crippen LogP contribution is 2.09. The number of nitrogens with two attached hydrogens (primary N) is 2. The number of carboxylic acid groups (broad SMARTS) is 1. The number of carboxylic acids is 1. The highest BCUT2D eigenvalue weighted by Gasteiger charge is 2.34. The van der Waals surface area contributed by atoms with E-state index in [9.17, 15) is 85.1 Å². The lowest BCUT2D eigenvalue weighted by atomic mass is 10.3. The second-order valence-electron chi connectivity index (χ2n) is 13.0. The van der Waals surface area contributed by atoms with Crippen LogP contribution in [0.2, 0.25) is 0 Å². The molecule has 0 saturated carbocycles. The van der Waals surface area contributed by atoms with Gasteiger partial charge in [0.1, 0.15) is 25.5 Å². The van der Waals surface area contributed by atoms with Crippen LogP contribution in [0.25, 0.3) is 0 Å². The van der Waals surface area contributed by atoms with Crippen molar-refractivity contribution < 1.29 is 164 Å². The summed E-state index contributed by atoms with van der Waals surface area (Å²) in [5, 5.41) is 3.02. The predicted octanol–water partition coefficient (Wildman–Crippen LogP) is -4.88. The smallest absolute Gasteiger partial charge is 0.451 e. The average Bonchev–Trinajstić information content (AvgIpc) is 3.44. The van der Waals surface area contributed by atoms with Crippen molar-refractivity contribution in [1.82, 2.24) is 0 Å². The fourth-order valence-corrected chi connectivity index (χ4v) is 6.02. The van der Waals surface area contributed by atoms with E-state index in [-0.39, 0.29) is 37.6 Å². The molecule has 0 radical (unpaired) electrons. The highest BCUT2D eigenvalue weighted by molar-refractivity contribution is 7.88. The van der Waals surface area contributed by atoms with Crippen LogP contribution < -0.4 is 33.8 Å². The molecule has 0 aromatic carbocycles. The van der Waals surface area contributed by atoms with E-state index in [1.807, 2.05) is 13.8 Å². The van der Waals surface area contributed by atoms with Gasteiger partial charge in [0.15, 0.2) is 10.5 Å². The third-order valence-corrected chi connectivity index (χ3v) is 12.4. The molecule has 4 unspecified atom stereocenters. The number of rotatable bonds is 21. The van der Waals surface area contributed by atoms with E-state index < -0.39 is 117 Å². The number of hydrogen-bond acceptors (Lipinski definition) is 33. The van der Waals surface area contributed by atoms with Crippen LogP contribution in [0.15, 0.2) is 63.3 Å². The Morgan fingerprint density at radius 2 is 0.674 bits per heavy atom. The minimum absolute atomic E-state index is 0.00546. The van der Waals surface area contributed by atoms with E-state index in [1.165, 1.54) is 41.9 Å². The molecule has 0 spiro atoms. The van der Waals surface area contributed by atoms with Gasteiger partial charge in [0.2, 0.25) is 0 Å². The van der Waals surface area contributed by atoms with E-state index in [1.54, 1.807) is 44.2 Å². The first kappa shape index (κ1) is 117. The summed E-state index contributed by atoms with van der Waals surface area (Å²) in [5.74, 6) is -5.69. The molecule has 0 aliphatic carbocycles. The van der Waals surface area contributed by atoms with Crippen molar-refractivity contribution in [2.24, 2.45) is 11.5 Å². The van der Waals surface area contributed by atoms with E-state index in [0.717, 1.165) is 41.0 Å². The van der Waals surface area contributed by atoms with Gasteiger partial charge >= 0.3 is 61.5 Å². The number of carbonyl (C=O) groups excluding carboxylic acids is 6. The molecular formula is C44H95N5O33S7. The van der Waals surface area contributed by atoms with Crippen molar-refractivity contribution >= 4 is 108 Å². The number of ether oxygens (including phenoxy) is 4. The van der Waals surface area contributed by atoms with Gasteiger partial charge < -0.3 is 70.8 Å². The van der Waals surface area contributed by atoms with Crippen LogP contribution >= 0.6 is 0 Å². The van der Waals surface area contributed by atoms with Gasteiger partial charge in [-0.15, -0.1) is 38.4 Å². The van der Waals surface area contributed by atoms with Crippen molar-refractivity contribution in [3.05, 3.63) is 63.3 Å². The van der Waals surface area contributed by atoms with E-state index in [0.29, 0.717) is 25.9 Å². The molecule has 0 aliphatic heterocycles. The maximum Gasteiger partial charge on any atom is 0.451 e. The van der Waals surface area contributed by atoms with Crippen LogP contribution in [0.4, 0.5) is 0 Å². The number of carbonyl (C=O) groups is 6. The molecule has 45 heteroatoms. The van der Waals surface area contributed by atoms with Gasteiger partial charge in [-0.05, 0) is 43.9 Å². The summed E-state index contributed by atoms with van der Waals surface area (Å²) >= 11 is 0. The first-order valence-corrected chi connectivity index (χ1v) is 33.6. The van der Waals surface area contributed by atoms with Gasteiger partial charge in [0.05, 0.1) is 66.4 Å². The monoisotopic (exact) mass is 1450 g/mol. The fraction of sp³-hybridized carbons (Fsp3) is 0.636. The minimum Gasteiger partial charge on any atom is -0.747 e. The summed E-state index contributed by atoms with van der Waals surface area (Å²) in [6.45, 7) is 33.6. The van der Waals surface area contributed by atoms with Crippen molar-refractivity contribution in [1.29, 1.82) is 0 Å². The van der Waals surface area contributed by atoms with Gasteiger partial charge in [-0.25, -0.2) is 25.8 Å². The molecule has 89 heavy (non-hydrogen) atoms. The average molecular weight is 1450 g/mol. The lowest BCUT2D eigenvalue weighted by Crippen LogP contribution is -2.48. The molecule has 0 fully saturated rings. The lowest BCUT2D eigenvalue weighted by molar-refractivity contribution is -0.353. The number of aliphatic carboxylic acids is 1. The molecule has 0 aromatic heterocycles. The number of hydrogen-bond donors (Lipinski definition) is 7. The SMILES string of the molecule is C=CCN.C=CCN.C=CC[NH3+].C=CC[NH3+].C=CC[NH3+].CC.CCC(=O)OC.CCC(=O)OC.CCC(C(=O)OC)S(=O)(=O)O.CCC(C(=O)OC)S(=O)(=O)[O-].CCC(C(=O)OS(=O)(=O)OC)S(=O)(=O)O.CCC(C(=O)[O-])S(=O)(=O)[O-].O=S(=O)=O.O=S(=O)=O. The lowest BCUT2D eigenvalue weighted by Gasteiger charge is -2.18. The zero-order valence-corrected chi connectivity index (χ0v) is 57.9. The topological polar surface area (TPSA) is 676 Å². The van der Waals surface area contributed by atoms with Gasteiger partial charge in [0.25, 0.3) is 20.2 Å². The zero-order valence-electron chi connectivity index (χ0n) is 52.2. The van der Waals surface area contributed by atoms with Crippen molar-refractivity contribution in [2.45, 2.75) is 115 Å². The Labute approximate surface area is 527 Å². The van der Waals surface area contributed by atoms with Crippen LogP contribution in [0.5, 0.6) is 0 Å². The van der Waals surface area contributed by atoms with Crippen LogP contribution in [-0.4, -0.2) is 211 Å². The fourth-order valence-electron chi connectivity index (χ4n) is 2.71. The first-order valence-electron chi connectivity index (χ1n) is 24.3. The van der Waals surface area contributed by atoms with Crippen LogP contribution in [-0.2, 0) is 128 Å². The van der Waals surface area contributed by atoms with Crippen molar-refractivity contribution in [3.63, 3.8) is 0 Å². The molecule has 0 amide bonds. The third-order valence-electron chi connectivity index (χ3n) is 6.72. The van der Waals surface area contributed by atoms with Gasteiger partial charge in [-0.3, -0.25) is 28.3 Å². The molecule has 0 aliphatic rings. The second-order valence-corrected chi connectivity index (χ2v) is 21.4. The minimum atomic E-state index is -4.73. The molecule has 15 N–H and O–H groups in total. The molecule has 536 valence electrons. The Hall–Kier alpha value is -5.89. The summed E-state index contributed by atoms with van der Waals surface area (Å²) in [5.41, 5.74) is 20.3. The molecule has 38 nitrogen and oxygen atoms in total.